The topological polar surface area (TPSA) is 44.8 Å². The molecule has 0 spiro atoms. The van der Waals surface area contributed by atoms with Crippen molar-refractivity contribution in [3.05, 3.63) is 70.8 Å². The Bertz CT molecular complexity index is 840. The molecule has 2 aromatic carbocycles. The first kappa shape index (κ1) is 23.5. The summed E-state index contributed by atoms with van der Waals surface area (Å²) >= 11 is 0. The highest BCUT2D eigenvalue weighted by Crippen LogP contribution is 2.16. The molecular weight excluding hydrogens is 386 g/mol. The number of morpholine rings is 1. The summed E-state index contributed by atoms with van der Waals surface area (Å²) < 4.78 is 5.81. The van der Waals surface area contributed by atoms with Gasteiger partial charge in [0.2, 0.25) is 0 Å². The van der Waals surface area contributed by atoms with Crippen molar-refractivity contribution in [1.82, 2.24) is 15.1 Å². The van der Waals surface area contributed by atoms with Gasteiger partial charge in [0.25, 0.3) is 5.91 Å². The van der Waals surface area contributed by atoms with Gasteiger partial charge in [-0.1, -0.05) is 36.4 Å². The zero-order valence-corrected chi connectivity index (χ0v) is 19.6. The lowest BCUT2D eigenvalue weighted by molar-refractivity contribution is -0.0704. The second-order valence-electron chi connectivity index (χ2n) is 9.11. The highest BCUT2D eigenvalue weighted by molar-refractivity contribution is 5.94. The van der Waals surface area contributed by atoms with E-state index in [4.69, 9.17) is 4.74 Å². The predicted molar refractivity (Wildman–Crippen MR) is 126 cm³/mol. The first-order valence-electron chi connectivity index (χ1n) is 11.3. The van der Waals surface area contributed by atoms with Gasteiger partial charge in [0, 0.05) is 44.3 Å². The van der Waals surface area contributed by atoms with E-state index in [1.54, 1.807) is 0 Å². The summed E-state index contributed by atoms with van der Waals surface area (Å²) in [5, 5.41) is 3.09. The average molecular weight is 424 g/mol. The maximum absolute atomic E-state index is 12.7. The van der Waals surface area contributed by atoms with E-state index >= 15 is 0 Å². The minimum atomic E-state index is -0.0350. The summed E-state index contributed by atoms with van der Waals surface area (Å²) in [5.74, 6) is -0.0350. The number of benzene rings is 2. The van der Waals surface area contributed by atoms with Gasteiger partial charge in [-0.25, -0.2) is 0 Å². The standard InChI is InChI=1S/C26H37N3O2/c1-19(2)28(5)18-25-9-7-6-8-24(25)14-27-26(30)23-12-10-22(11-13-23)17-29-15-20(3)31-21(4)16-29/h6-13,19-21H,14-18H2,1-5H3,(H,27,30). The number of ether oxygens (including phenoxy) is 1. The zero-order valence-electron chi connectivity index (χ0n) is 19.6. The molecule has 0 saturated carbocycles. The highest BCUT2D eigenvalue weighted by Gasteiger charge is 2.22. The molecule has 1 fully saturated rings. The van der Waals surface area contributed by atoms with Crippen LogP contribution < -0.4 is 5.32 Å². The molecule has 1 N–H and O–H groups in total. The van der Waals surface area contributed by atoms with Crippen molar-refractivity contribution in [3.63, 3.8) is 0 Å². The number of nitrogens with zero attached hydrogens (tertiary/aromatic N) is 2. The van der Waals surface area contributed by atoms with Crippen LogP contribution in [0.15, 0.2) is 48.5 Å². The Hall–Kier alpha value is -2.21. The Balaban J connectivity index is 1.56. The molecule has 2 unspecified atom stereocenters. The van der Waals surface area contributed by atoms with E-state index in [1.165, 1.54) is 11.1 Å². The van der Waals surface area contributed by atoms with Crippen molar-refractivity contribution in [2.24, 2.45) is 0 Å². The summed E-state index contributed by atoms with van der Waals surface area (Å²) in [7, 11) is 2.12. The fourth-order valence-electron chi connectivity index (χ4n) is 4.05. The number of hydrogen-bond acceptors (Lipinski definition) is 4. The summed E-state index contributed by atoms with van der Waals surface area (Å²) in [6, 6.07) is 16.8. The van der Waals surface area contributed by atoms with Gasteiger partial charge >= 0.3 is 0 Å². The number of carbonyl (C=O) groups excluding carboxylic acids is 1. The van der Waals surface area contributed by atoms with Gasteiger partial charge in [0.05, 0.1) is 12.2 Å². The molecule has 31 heavy (non-hydrogen) atoms. The monoisotopic (exact) mass is 423 g/mol. The van der Waals surface area contributed by atoms with E-state index < -0.39 is 0 Å². The third-order valence-electron chi connectivity index (χ3n) is 5.98. The quantitative estimate of drug-likeness (QED) is 0.695. The smallest absolute Gasteiger partial charge is 0.251 e. The second-order valence-corrected chi connectivity index (χ2v) is 9.11. The highest BCUT2D eigenvalue weighted by atomic mass is 16.5. The van der Waals surface area contributed by atoms with E-state index in [1.807, 2.05) is 18.2 Å². The summed E-state index contributed by atoms with van der Waals surface area (Å²) in [6.45, 7) is 12.8. The van der Waals surface area contributed by atoms with Gasteiger partial charge < -0.3 is 10.1 Å². The molecule has 5 heteroatoms. The lowest BCUT2D eigenvalue weighted by atomic mass is 10.1. The minimum Gasteiger partial charge on any atom is -0.373 e. The molecule has 0 aromatic heterocycles. The molecule has 2 atom stereocenters. The minimum absolute atomic E-state index is 0.0350. The molecule has 1 saturated heterocycles. The van der Waals surface area contributed by atoms with Crippen LogP contribution in [0.5, 0.6) is 0 Å². The first-order valence-corrected chi connectivity index (χ1v) is 11.3. The van der Waals surface area contributed by atoms with Gasteiger partial charge in [0.1, 0.15) is 0 Å². The van der Waals surface area contributed by atoms with Crippen LogP contribution in [0.4, 0.5) is 0 Å². The molecular formula is C26H37N3O2. The van der Waals surface area contributed by atoms with Gasteiger partial charge in [-0.2, -0.15) is 0 Å². The number of nitrogens with one attached hydrogen (secondary N) is 1. The molecule has 5 nitrogen and oxygen atoms in total. The predicted octanol–water partition coefficient (Wildman–Crippen LogP) is 4.07. The zero-order chi connectivity index (χ0) is 22.4. The molecule has 0 radical (unpaired) electrons. The van der Waals surface area contributed by atoms with Gasteiger partial charge in [-0.3, -0.25) is 14.6 Å². The third-order valence-corrected chi connectivity index (χ3v) is 5.98. The molecule has 1 aliphatic heterocycles. The largest absolute Gasteiger partial charge is 0.373 e. The van der Waals surface area contributed by atoms with Crippen molar-refractivity contribution in [2.75, 3.05) is 20.1 Å². The fourth-order valence-corrected chi connectivity index (χ4v) is 4.05. The van der Waals surface area contributed by atoms with Crippen molar-refractivity contribution in [3.8, 4) is 0 Å². The molecule has 1 aliphatic rings. The molecule has 3 rings (SSSR count). The van der Waals surface area contributed by atoms with Crippen molar-refractivity contribution >= 4 is 5.91 Å². The summed E-state index contributed by atoms with van der Waals surface area (Å²) in [4.78, 5) is 17.4. The van der Waals surface area contributed by atoms with Crippen LogP contribution in [-0.2, 0) is 24.4 Å². The number of hydrogen-bond donors (Lipinski definition) is 1. The van der Waals surface area contributed by atoms with Crippen LogP contribution in [0.1, 0.15) is 54.7 Å². The van der Waals surface area contributed by atoms with E-state index in [0.29, 0.717) is 18.2 Å². The van der Waals surface area contributed by atoms with Gasteiger partial charge in [-0.05, 0) is 63.6 Å². The van der Waals surface area contributed by atoms with E-state index in [-0.39, 0.29) is 18.1 Å². The Labute approximate surface area is 187 Å². The maximum atomic E-state index is 12.7. The van der Waals surface area contributed by atoms with Crippen molar-refractivity contribution < 1.29 is 9.53 Å². The van der Waals surface area contributed by atoms with E-state index in [0.717, 1.165) is 31.7 Å². The lowest BCUT2D eigenvalue weighted by Gasteiger charge is -2.35. The average Bonchev–Trinajstić information content (AvgIpc) is 2.72. The third kappa shape index (κ3) is 6.89. The van der Waals surface area contributed by atoms with Crippen LogP contribution in [0.3, 0.4) is 0 Å². The first-order chi connectivity index (χ1) is 14.8. The van der Waals surface area contributed by atoms with Gasteiger partial charge in [-0.15, -0.1) is 0 Å². The number of amides is 1. The summed E-state index contributed by atoms with van der Waals surface area (Å²) in [6.07, 6.45) is 0.522. The van der Waals surface area contributed by atoms with Crippen LogP contribution >= 0.6 is 0 Å². The van der Waals surface area contributed by atoms with Crippen LogP contribution in [0.25, 0.3) is 0 Å². The molecule has 168 valence electrons. The molecule has 1 heterocycles. The van der Waals surface area contributed by atoms with Crippen LogP contribution in [0, 0.1) is 0 Å². The number of carbonyl (C=O) groups is 1. The van der Waals surface area contributed by atoms with Crippen molar-refractivity contribution in [2.45, 2.75) is 65.6 Å². The SMILES string of the molecule is CC1CN(Cc2ccc(C(=O)NCc3ccccc3CN(C)C(C)C)cc2)CC(C)O1. The molecule has 2 aromatic rings. The molecule has 0 aliphatic carbocycles. The molecule has 1 amide bonds. The molecule has 0 bridgehead atoms. The Kier molecular flexibility index (Phi) is 8.24. The van der Waals surface area contributed by atoms with Crippen LogP contribution in [0.2, 0.25) is 0 Å². The van der Waals surface area contributed by atoms with E-state index in [9.17, 15) is 4.79 Å². The fraction of sp³-hybridized carbons (Fsp3) is 0.500. The Morgan fingerprint density at radius 1 is 1.06 bits per heavy atom. The van der Waals surface area contributed by atoms with Crippen molar-refractivity contribution in [1.29, 1.82) is 0 Å². The second kappa shape index (κ2) is 10.9. The number of rotatable bonds is 8. The Morgan fingerprint density at radius 2 is 1.68 bits per heavy atom. The van der Waals surface area contributed by atoms with E-state index in [2.05, 4.69) is 80.2 Å². The normalized spacial score (nSPS) is 19.7. The van der Waals surface area contributed by atoms with Gasteiger partial charge in [0.15, 0.2) is 0 Å². The summed E-state index contributed by atoms with van der Waals surface area (Å²) in [5.41, 5.74) is 4.34. The Morgan fingerprint density at radius 3 is 2.29 bits per heavy atom. The maximum Gasteiger partial charge on any atom is 0.251 e. The lowest BCUT2D eigenvalue weighted by Crippen LogP contribution is -2.44. The van der Waals surface area contributed by atoms with Crippen LogP contribution in [-0.4, -0.2) is 54.1 Å².